The number of hydrogen-bond donors (Lipinski definition) is 1. The van der Waals surface area contributed by atoms with E-state index < -0.39 is 24.7 Å². The van der Waals surface area contributed by atoms with E-state index in [1.165, 1.54) is 12.3 Å². The van der Waals surface area contributed by atoms with Crippen molar-refractivity contribution in [2.75, 3.05) is 6.61 Å². The fourth-order valence-electron chi connectivity index (χ4n) is 1.30. The first-order valence-electron chi connectivity index (χ1n) is 5.30. The van der Waals surface area contributed by atoms with Crippen molar-refractivity contribution in [1.82, 2.24) is 9.78 Å². The molecule has 1 atom stereocenters. The number of esters is 1. The molecule has 0 aliphatic rings. The zero-order valence-corrected chi connectivity index (χ0v) is 9.65. The zero-order chi connectivity index (χ0) is 13.8. The lowest BCUT2D eigenvalue weighted by atomic mass is 10.2. The molecule has 1 rings (SSSR count). The van der Waals surface area contributed by atoms with Gasteiger partial charge in [0, 0.05) is 19.2 Å². The molecule has 8 heteroatoms. The third-order valence-corrected chi connectivity index (χ3v) is 2.19. The van der Waals surface area contributed by atoms with Gasteiger partial charge in [0.25, 0.3) is 0 Å². The molecular formula is C10H13F3N2O3. The highest BCUT2D eigenvalue weighted by Gasteiger charge is 2.37. The number of rotatable bonds is 5. The largest absolute Gasteiger partial charge is 0.461 e. The molecule has 0 saturated heterocycles. The van der Waals surface area contributed by atoms with Crippen molar-refractivity contribution in [3.8, 4) is 0 Å². The number of aliphatic hydroxyl groups is 1. The number of nitrogens with zero attached hydrogens (tertiary/aromatic N) is 2. The zero-order valence-electron chi connectivity index (χ0n) is 9.65. The van der Waals surface area contributed by atoms with Gasteiger partial charge in [0.1, 0.15) is 5.69 Å². The number of carbonyl (C=O) groups excluding carboxylic acids is 1. The number of aromatic nitrogens is 2. The summed E-state index contributed by atoms with van der Waals surface area (Å²) in [5.41, 5.74) is 0.0613. The summed E-state index contributed by atoms with van der Waals surface area (Å²) in [7, 11) is 0. The van der Waals surface area contributed by atoms with Crippen molar-refractivity contribution in [3.05, 3.63) is 18.0 Å². The van der Waals surface area contributed by atoms with Crippen molar-refractivity contribution >= 4 is 5.97 Å². The van der Waals surface area contributed by atoms with E-state index in [0.717, 1.165) is 4.68 Å². The van der Waals surface area contributed by atoms with Crippen LogP contribution in [0.15, 0.2) is 12.3 Å². The average Bonchev–Trinajstić information content (AvgIpc) is 2.72. The standard InChI is InChI=1S/C10H13F3N2O3/c1-2-18-9(17)7-3-5-14-15(7)6-4-8(16)10(11,12)13/h3,5,8,16H,2,4,6H2,1H3. The molecular weight excluding hydrogens is 253 g/mol. The maximum atomic E-state index is 12.1. The molecule has 1 aromatic rings. The molecule has 0 fully saturated rings. The highest BCUT2D eigenvalue weighted by Crippen LogP contribution is 2.22. The van der Waals surface area contributed by atoms with Crippen LogP contribution in [0, 0.1) is 0 Å². The van der Waals surface area contributed by atoms with Crippen molar-refractivity contribution in [2.24, 2.45) is 0 Å². The Hall–Kier alpha value is -1.57. The molecule has 0 saturated carbocycles. The van der Waals surface area contributed by atoms with Crippen LogP contribution < -0.4 is 0 Å². The van der Waals surface area contributed by atoms with Gasteiger partial charge < -0.3 is 9.84 Å². The first-order valence-corrected chi connectivity index (χ1v) is 5.30. The molecule has 102 valence electrons. The second-order valence-corrected chi connectivity index (χ2v) is 3.51. The summed E-state index contributed by atoms with van der Waals surface area (Å²) in [4.78, 5) is 11.4. The number of aryl methyl sites for hydroxylation is 1. The molecule has 0 amide bonds. The number of aliphatic hydroxyl groups excluding tert-OH is 1. The number of alkyl halides is 3. The molecule has 1 heterocycles. The quantitative estimate of drug-likeness (QED) is 0.817. The van der Waals surface area contributed by atoms with E-state index in [0.29, 0.717) is 0 Å². The van der Waals surface area contributed by atoms with Crippen LogP contribution in [-0.2, 0) is 11.3 Å². The highest BCUT2D eigenvalue weighted by molar-refractivity contribution is 5.87. The first-order chi connectivity index (χ1) is 8.36. The lowest BCUT2D eigenvalue weighted by Crippen LogP contribution is -2.30. The molecule has 1 aromatic heterocycles. The third-order valence-electron chi connectivity index (χ3n) is 2.19. The summed E-state index contributed by atoms with van der Waals surface area (Å²) in [6, 6.07) is 1.35. The topological polar surface area (TPSA) is 64.3 Å². The summed E-state index contributed by atoms with van der Waals surface area (Å²) >= 11 is 0. The Morgan fingerprint density at radius 1 is 1.61 bits per heavy atom. The summed E-state index contributed by atoms with van der Waals surface area (Å²) in [6.45, 7) is 1.56. The van der Waals surface area contributed by atoms with Gasteiger partial charge in [-0.25, -0.2) is 4.79 Å². The monoisotopic (exact) mass is 266 g/mol. The van der Waals surface area contributed by atoms with Gasteiger partial charge in [0.05, 0.1) is 6.61 Å². The normalized spacial score (nSPS) is 13.4. The van der Waals surface area contributed by atoms with Gasteiger partial charge in [0.2, 0.25) is 0 Å². The molecule has 0 spiro atoms. The minimum atomic E-state index is -4.67. The minimum absolute atomic E-state index is 0.0613. The van der Waals surface area contributed by atoms with Crippen LogP contribution in [-0.4, -0.2) is 39.7 Å². The Bertz CT molecular complexity index is 403. The SMILES string of the molecule is CCOC(=O)c1ccnn1CCC(O)C(F)(F)F. The van der Waals surface area contributed by atoms with Gasteiger partial charge >= 0.3 is 12.1 Å². The summed E-state index contributed by atoms with van der Waals surface area (Å²) in [6.07, 6.45) is -6.39. The van der Waals surface area contributed by atoms with E-state index in [2.05, 4.69) is 5.10 Å². The molecule has 1 N–H and O–H groups in total. The van der Waals surface area contributed by atoms with Crippen LogP contribution in [0.4, 0.5) is 13.2 Å². The third kappa shape index (κ3) is 3.73. The van der Waals surface area contributed by atoms with Crippen LogP contribution in [0.25, 0.3) is 0 Å². The van der Waals surface area contributed by atoms with Crippen LogP contribution >= 0.6 is 0 Å². The van der Waals surface area contributed by atoms with E-state index in [1.54, 1.807) is 6.92 Å². The fourth-order valence-corrected chi connectivity index (χ4v) is 1.30. The Labute approximate surface area is 101 Å². The molecule has 0 radical (unpaired) electrons. The minimum Gasteiger partial charge on any atom is -0.461 e. The Morgan fingerprint density at radius 3 is 2.83 bits per heavy atom. The molecule has 1 unspecified atom stereocenters. The fraction of sp³-hybridized carbons (Fsp3) is 0.600. The number of ether oxygens (including phenoxy) is 1. The molecule has 0 bridgehead atoms. The van der Waals surface area contributed by atoms with Gasteiger partial charge in [-0.05, 0) is 13.0 Å². The van der Waals surface area contributed by atoms with Crippen LogP contribution in [0.2, 0.25) is 0 Å². The van der Waals surface area contributed by atoms with E-state index in [4.69, 9.17) is 9.84 Å². The van der Waals surface area contributed by atoms with Gasteiger partial charge in [0.15, 0.2) is 6.10 Å². The van der Waals surface area contributed by atoms with Crippen molar-refractivity contribution < 1.29 is 27.8 Å². The lowest BCUT2D eigenvalue weighted by molar-refractivity contribution is -0.206. The Morgan fingerprint density at radius 2 is 2.28 bits per heavy atom. The van der Waals surface area contributed by atoms with E-state index >= 15 is 0 Å². The second kappa shape index (κ2) is 5.85. The van der Waals surface area contributed by atoms with Gasteiger partial charge in [-0.15, -0.1) is 0 Å². The summed E-state index contributed by atoms with van der Waals surface area (Å²) in [5, 5.41) is 12.5. The van der Waals surface area contributed by atoms with Crippen LogP contribution in [0.5, 0.6) is 0 Å². The maximum Gasteiger partial charge on any atom is 0.414 e. The summed E-state index contributed by atoms with van der Waals surface area (Å²) < 4.78 is 42.1. The number of carbonyl (C=O) groups is 1. The van der Waals surface area contributed by atoms with Crippen LogP contribution in [0.1, 0.15) is 23.8 Å². The van der Waals surface area contributed by atoms with Gasteiger partial charge in [-0.3, -0.25) is 4.68 Å². The molecule has 5 nitrogen and oxygen atoms in total. The van der Waals surface area contributed by atoms with E-state index in [-0.39, 0.29) is 18.8 Å². The van der Waals surface area contributed by atoms with Gasteiger partial charge in [-0.2, -0.15) is 18.3 Å². The van der Waals surface area contributed by atoms with Gasteiger partial charge in [-0.1, -0.05) is 0 Å². The first kappa shape index (κ1) is 14.5. The van der Waals surface area contributed by atoms with Crippen molar-refractivity contribution in [3.63, 3.8) is 0 Å². The predicted molar refractivity (Wildman–Crippen MR) is 54.9 cm³/mol. The Kier molecular flexibility index (Phi) is 4.71. The van der Waals surface area contributed by atoms with Crippen molar-refractivity contribution in [2.45, 2.75) is 32.2 Å². The van der Waals surface area contributed by atoms with Crippen molar-refractivity contribution in [1.29, 1.82) is 0 Å². The Balaban J connectivity index is 2.64. The lowest BCUT2D eigenvalue weighted by Gasteiger charge is -2.14. The van der Waals surface area contributed by atoms with Crippen LogP contribution in [0.3, 0.4) is 0 Å². The molecule has 18 heavy (non-hydrogen) atoms. The highest BCUT2D eigenvalue weighted by atomic mass is 19.4. The number of halogens is 3. The number of hydrogen-bond acceptors (Lipinski definition) is 4. The average molecular weight is 266 g/mol. The predicted octanol–water partition coefficient (Wildman–Crippen LogP) is 1.37. The van der Waals surface area contributed by atoms with E-state index in [1.807, 2.05) is 0 Å². The second-order valence-electron chi connectivity index (χ2n) is 3.51. The van der Waals surface area contributed by atoms with E-state index in [9.17, 15) is 18.0 Å². The molecule has 0 aromatic carbocycles. The smallest absolute Gasteiger partial charge is 0.414 e. The molecule has 0 aliphatic carbocycles. The summed E-state index contributed by atoms with van der Waals surface area (Å²) in [5.74, 6) is -0.656. The maximum absolute atomic E-state index is 12.1. The molecule has 0 aliphatic heterocycles.